The van der Waals surface area contributed by atoms with E-state index in [4.69, 9.17) is 26.5 Å². The second-order valence-electron chi connectivity index (χ2n) is 23.9. The number of rotatable bonds is 6. The van der Waals surface area contributed by atoms with Gasteiger partial charge in [0.2, 0.25) is 5.71 Å². The molecule has 0 aliphatic heterocycles. The average molecular weight is 2560 g/mol. The third kappa shape index (κ3) is 15.5. The predicted octanol–water partition coefficient (Wildman–Crippen LogP) is 17.8. The number of hydrogen-bond donors (Lipinski definition) is 0. The Morgan fingerprint density at radius 2 is 0.649 bits per heavy atom. The Balaban J connectivity index is 0.000000118. The van der Waals surface area contributed by atoms with Crippen molar-refractivity contribution in [3.05, 3.63) is 330 Å². The van der Waals surface area contributed by atoms with Crippen LogP contribution in [0.1, 0.15) is 0 Å². The maximum Gasteiger partial charge on any atom is 0.212 e. The van der Waals surface area contributed by atoms with E-state index in [9.17, 15) is 0 Å². The van der Waals surface area contributed by atoms with Crippen LogP contribution in [0.5, 0.6) is 0 Å². The van der Waals surface area contributed by atoms with E-state index >= 15 is 0 Å². The summed E-state index contributed by atoms with van der Waals surface area (Å²) in [5.74, 6) is 0. The Morgan fingerprint density at radius 3 is 1.23 bits per heavy atom. The van der Waals surface area contributed by atoms with Crippen LogP contribution in [0.25, 0.3) is 166 Å². The van der Waals surface area contributed by atoms with Crippen molar-refractivity contribution in [2.75, 3.05) is 0 Å². The van der Waals surface area contributed by atoms with Crippen molar-refractivity contribution < 1.29 is 147 Å². The summed E-state index contributed by atoms with van der Waals surface area (Å²) in [4.78, 5) is 25.3. The van der Waals surface area contributed by atoms with Gasteiger partial charge in [-0.1, -0.05) is 87.6 Å². The molecule has 0 spiro atoms. The minimum absolute atomic E-state index is 0. The van der Waals surface area contributed by atoms with Gasteiger partial charge in [0, 0.05) is 292 Å². The molecule has 30 heteroatoms. The molecule has 0 amide bonds. The first-order chi connectivity index (χ1) is 53.6. The van der Waals surface area contributed by atoms with Crippen LogP contribution in [0.4, 0.5) is 0 Å². The van der Waals surface area contributed by atoms with Crippen LogP contribution in [-0.4, -0.2) is 88.6 Å². The maximum atomic E-state index is 5.88. The molecule has 0 aliphatic rings. The van der Waals surface area contributed by atoms with Crippen molar-refractivity contribution in [3.63, 3.8) is 0 Å². The van der Waals surface area contributed by atoms with Crippen LogP contribution in [-0.2, 0) is 121 Å². The standard InChI is InChI=1S/6C14H8N3O.6Ir/c1-4-10-11-5-2-7-15-14(11)18-13(10)12(6-1)17-9-3-8-16-17;1-4-10-13-12(6-2-7-15-13)18-14(10)11(5-1)17-9-3-8-16-17;1-3-11-10-5-7-15-9-13(10)18-14(11)12(4-1)17-8-2-6-16-17;1-3-10-11-9-15-7-5-13(11)18-14(10)12(4-1)17-8-2-6-16-17;1-2-5-12-10(4-1)13-14(18-12)11(6-8-15-13)17-9-3-7-16-17;1-2-5-13-10(4-1)11-8-15-9-12(14(11)18-13)17-7-3-6-16-17;;;;;;/h1-5,7-9H;1-4,6-9H;2*1-3,5-9H;1-5,7-9H;1-8H;;;;;;/q6*-1;;;;;;. The first-order valence-corrected chi connectivity index (χ1v) is 33.7. The first kappa shape index (κ1) is 80.2. The molecule has 0 saturated carbocycles. The molecule has 24 nitrogen and oxygen atoms in total. The minimum atomic E-state index is 0. The summed E-state index contributed by atoms with van der Waals surface area (Å²) in [7, 11) is 0. The van der Waals surface area contributed by atoms with Crippen LogP contribution < -0.4 is 0 Å². The molecule has 24 aromatic rings. The van der Waals surface area contributed by atoms with Crippen LogP contribution in [0.15, 0.2) is 320 Å². The molecule has 114 heavy (non-hydrogen) atoms. The van der Waals surface area contributed by atoms with E-state index in [2.05, 4.69) is 97.0 Å². The Morgan fingerprint density at radius 1 is 0.246 bits per heavy atom. The molecule has 0 unspecified atom stereocenters. The quantitative estimate of drug-likeness (QED) is 0.140. The first-order valence-electron chi connectivity index (χ1n) is 33.7. The van der Waals surface area contributed by atoms with Crippen molar-refractivity contribution in [2.45, 2.75) is 0 Å². The zero-order valence-corrected chi connectivity index (χ0v) is 72.6. The molecule has 0 aliphatic carbocycles. The summed E-state index contributed by atoms with van der Waals surface area (Å²) >= 11 is 0. The Bertz CT molecular complexity index is 6130. The number of nitrogens with zero attached hydrogens (tertiary/aromatic N) is 18. The summed E-state index contributed by atoms with van der Waals surface area (Å²) in [5.41, 5.74) is 15.7. The van der Waals surface area contributed by atoms with Gasteiger partial charge in [-0.3, -0.25) is 48.0 Å². The predicted molar refractivity (Wildman–Crippen MR) is 405 cm³/mol. The molecule has 6 aromatic carbocycles. The molecule has 18 heterocycles. The van der Waals surface area contributed by atoms with E-state index in [1.165, 1.54) is 0 Å². The van der Waals surface area contributed by atoms with Crippen molar-refractivity contribution in [1.29, 1.82) is 0 Å². The second-order valence-corrected chi connectivity index (χ2v) is 23.9. The van der Waals surface area contributed by atoms with E-state index in [1.807, 2.05) is 213 Å². The summed E-state index contributed by atoms with van der Waals surface area (Å²) < 4.78 is 45.5. The Labute approximate surface area is 725 Å². The van der Waals surface area contributed by atoms with Crippen molar-refractivity contribution >= 4 is 132 Å². The fraction of sp³-hybridized carbons (Fsp3) is 0. The molecule has 18 aromatic heterocycles. The zero-order valence-electron chi connectivity index (χ0n) is 58.2. The number of benzene rings is 6. The van der Waals surface area contributed by atoms with E-state index in [1.54, 1.807) is 109 Å². The van der Waals surface area contributed by atoms with Gasteiger partial charge in [-0.25, -0.2) is 11.1 Å². The Kier molecular flexibility index (Phi) is 25.3. The molecule has 0 atom stereocenters. The zero-order chi connectivity index (χ0) is 71.7. The van der Waals surface area contributed by atoms with Gasteiger partial charge >= 0.3 is 0 Å². The largest absolute Gasteiger partial charge is 0.541 e. The summed E-state index contributed by atoms with van der Waals surface area (Å²) in [6.45, 7) is 0. The molecule has 570 valence electrons. The third-order valence-corrected chi connectivity index (χ3v) is 17.6. The van der Waals surface area contributed by atoms with Gasteiger partial charge in [0.15, 0.2) is 0 Å². The number of pyridine rings is 6. The van der Waals surface area contributed by atoms with Gasteiger partial charge in [-0.05, 0) is 108 Å². The van der Waals surface area contributed by atoms with E-state index in [0.717, 1.165) is 155 Å². The van der Waals surface area contributed by atoms with Gasteiger partial charge in [0.25, 0.3) is 0 Å². The number of para-hydroxylation sites is 2. The summed E-state index contributed by atoms with van der Waals surface area (Å²) in [6, 6.07) is 69.6. The molecule has 0 bridgehead atoms. The van der Waals surface area contributed by atoms with Crippen molar-refractivity contribution in [1.82, 2.24) is 88.6 Å². The van der Waals surface area contributed by atoms with Gasteiger partial charge in [0.1, 0.15) is 27.9 Å². The SMILES string of the molecule is [Ir].[Ir].[Ir].[Ir].[Ir].[Ir].[c-]1ccc2c(oc3cccnc32)c1-n1cccn1.[c-]1ccc2c(oc3ccncc32)c1-n1cccn1.[c-]1ccc2c(oc3cnccc32)c1-n1cccn1.[c-]1ccc2c(oc3ncccc32)c1-n1cccn1.[c-]1cnc2c(oc3ccccc32)c1-n1cccn1.[c-]1ncc2c(oc3ccccc32)c1-n1cccn1. The maximum absolute atomic E-state index is 5.88. The third-order valence-electron chi connectivity index (χ3n) is 17.6. The van der Waals surface area contributed by atoms with Crippen LogP contribution in [0.3, 0.4) is 0 Å². The molecule has 6 radical (unpaired) electrons. The van der Waals surface area contributed by atoms with Gasteiger partial charge in [0.05, 0.1) is 17.3 Å². The Hall–Kier alpha value is -11.8. The molecular formula is C84H48Ir6N18O6-6. The van der Waals surface area contributed by atoms with Gasteiger partial charge < -0.3 is 31.5 Å². The fourth-order valence-corrected chi connectivity index (χ4v) is 12.8. The monoisotopic (exact) mass is 2560 g/mol. The molecular weight excluding hydrogens is 2510 g/mol. The molecule has 0 N–H and O–H groups in total. The van der Waals surface area contributed by atoms with E-state index in [0.29, 0.717) is 11.3 Å². The van der Waals surface area contributed by atoms with Crippen LogP contribution >= 0.6 is 0 Å². The average Bonchev–Trinajstić information content (AvgIpc) is 1.66. The van der Waals surface area contributed by atoms with E-state index in [-0.39, 0.29) is 121 Å². The van der Waals surface area contributed by atoms with Gasteiger partial charge in [-0.2, -0.15) is 103 Å². The topological polar surface area (TPSA) is 263 Å². The van der Waals surface area contributed by atoms with Crippen molar-refractivity contribution in [2.24, 2.45) is 0 Å². The van der Waals surface area contributed by atoms with Crippen LogP contribution in [0, 0.1) is 36.5 Å². The molecule has 0 saturated heterocycles. The molecule has 0 fully saturated rings. The second kappa shape index (κ2) is 35.9. The number of furan rings is 6. The number of hydrogen-bond acceptors (Lipinski definition) is 18. The fourth-order valence-electron chi connectivity index (χ4n) is 12.8. The number of fused-ring (bicyclic) bond motifs is 18. The van der Waals surface area contributed by atoms with Crippen molar-refractivity contribution in [3.8, 4) is 34.1 Å². The number of aromatic nitrogens is 18. The normalized spacial score (nSPS) is 10.7. The minimum Gasteiger partial charge on any atom is -0.541 e. The van der Waals surface area contributed by atoms with Crippen LogP contribution in [0.2, 0.25) is 0 Å². The summed E-state index contributed by atoms with van der Waals surface area (Å²) in [6.07, 6.45) is 38.4. The van der Waals surface area contributed by atoms with E-state index < -0.39 is 0 Å². The smallest absolute Gasteiger partial charge is 0.212 e. The van der Waals surface area contributed by atoms with Gasteiger partial charge in [-0.15, -0.1) is 0 Å². The summed E-state index contributed by atoms with van der Waals surface area (Å²) in [5, 5.41) is 35.5. The molecule has 24 rings (SSSR count).